The Morgan fingerprint density at radius 2 is 1.67 bits per heavy atom. The quantitative estimate of drug-likeness (QED) is 0.216. The number of ketones is 1. The predicted molar refractivity (Wildman–Crippen MR) is 116 cm³/mol. The highest BCUT2D eigenvalue weighted by Gasteiger charge is 2.27. The number of methoxy groups -OCH3 is 2. The third-order valence-corrected chi connectivity index (χ3v) is 5.08. The lowest BCUT2D eigenvalue weighted by Gasteiger charge is -2.11. The summed E-state index contributed by atoms with van der Waals surface area (Å²) in [5.41, 5.74) is 0.665. The van der Waals surface area contributed by atoms with Crippen LogP contribution in [0.3, 0.4) is 0 Å². The number of Topliss-reactive ketones (excluding diaryl/α,β-unsaturated/α-hetero) is 1. The number of nitrogens with zero attached hydrogens (tertiary/aromatic N) is 2. The Kier molecular flexibility index (Phi) is 6.76. The van der Waals surface area contributed by atoms with Gasteiger partial charge >= 0.3 is 5.97 Å². The van der Waals surface area contributed by atoms with Crippen LogP contribution in [0.4, 0.5) is 10.1 Å². The van der Waals surface area contributed by atoms with E-state index in [-0.39, 0.29) is 28.3 Å². The number of hydrogen-bond acceptors (Lipinski definition) is 7. The molecule has 0 fully saturated rings. The molecule has 0 spiro atoms. The first-order valence-electron chi connectivity index (χ1n) is 9.74. The van der Waals surface area contributed by atoms with E-state index in [1.165, 1.54) is 20.3 Å². The Balaban J connectivity index is 1.85. The van der Waals surface area contributed by atoms with Gasteiger partial charge in [0.15, 0.2) is 18.1 Å². The van der Waals surface area contributed by atoms with E-state index in [2.05, 4.69) is 0 Å². The number of aryl methyl sites for hydroxylation is 1. The fourth-order valence-corrected chi connectivity index (χ4v) is 3.52. The van der Waals surface area contributed by atoms with Crippen molar-refractivity contribution in [3.63, 3.8) is 0 Å². The Hall–Kier alpha value is -4.21. The van der Waals surface area contributed by atoms with E-state index in [9.17, 15) is 24.1 Å². The summed E-state index contributed by atoms with van der Waals surface area (Å²) in [6, 6.07) is 9.86. The minimum absolute atomic E-state index is 0.0670. The summed E-state index contributed by atoms with van der Waals surface area (Å²) in [4.78, 5) is 36.0. The van der Waals surface area contributed by atoms with E-state index < -0.39 is 34.8 Å². The third kappa shape index (κ3) is 4.54. The number of benzene rings is 2. The molecule has 0 N–H and O–H groups in total. The number of esters is 1. The van der Waals surface area contributed by atoms with Gasteiger partial charge in [0, 0.05) is 23.0 Å². The fourth-order valence-electron chi connectivity index (χ4n) is 3.52. The highest BCUT2D eigenvalue weighted by molar-refractivity contribution is 6.01. The van der Waals surface area contributed by atoms with Gasteiger partial charge in [0.25, 0.3) is 5.69 Å². The number of aromatic nitrogens is 1. The number of carbonyl (C=O) groups is 2. The van der Waals surface area contributed by atoms with Gasteiger partial charge in [0.05, 0.1) is 30.9 Å². The molecule has 1 aromatic heterocycles. The molecule has 0 radical (unpaired) electrons. The second kappa shape index (κ2) is 9.51. The molecule has 0 aliphatic heterocycles. The molecular weight excluding hydrogens is 435 g/mol. The van der Waals surface area contributed by atoms with Gasteiger partial charge in [-0.05, 0) is 32.0 Å². The van der Waals surface area contributed by atoms with Crippen molar-refractivity contribution in [2.45, 2.75) is 13.8 Å². The normalized spacial score (nSPS) is 10.6. The van der Waals surface area contributed by atoms with Gasteiger partial charge in [-0.25, -0.2) is 9.18 Å². The molecule has 0 aliphatic carbocycles. The average Bonchev–Trinajstić information content (AvgIpc) is 3.10. The van der Waals surface area contributed by atoms with Gasteiger partial charge in [0.1, 0.15) is 11.4 Å². The summed E-state index contributed by atoms with van der Waals surface area (Å²) in [7, 11) is 2.61. The summed E-state index contributed by atoms with van der Waals surface area (Å²) in [6.45, 7) is 2.70. The summed E-state index contributed by atoms with van der Waals surface area (Å²) >= 11 is 0. The molecule has 3 aromatic rings. The zero-order valence-electron chi connectivity index (χ0n) is 18.4. The standard InChI is InChI=1S/C23H21FN2O7/c1-13-9-15(14(2)25(13)18-8-6-5-7-17(18)24)20(27)12-33-23(28)16-10-21(31-3)22(32-4)11-19(16)26(29)30/h5-11H,12H2,1-4H3. The Bertz CT molecular complexity index is 1250. The first-order chi connectivity index (χ1) is 15.7. The molecule has 2 aromatic carbocycles. The van der Waals surface area contributed by atoms with Crippen LogP contribution in [-0.2, 0) is 4.74 Å². The minimum Gasteiger partial charge on any atom is -0.493 e. The summed E-state index contributed by atoms with van der Waals surface area (Å²) in [5.74, 6) is -1.90. The molecule has 172 valence electrons. The van der Waals surface area contributed by atoms with Crippen molar-refractivity contribution < 1.29 is 33.1 Å². The predicted octanol–water partition coefficient (Wildman–Crippen LogP) is 4.20. The van der Waals surface area contributed by atoms with Crippen molar-refractivity contribution in [1.82, 2.24) is 4.57 Å². The van der Waals surface area contributed by atoms with Crippen molar-refractivity contribution in [3.05, 3.63) is 80.9 Å². The molecule has 3 rings (SSSR count). The van der Waals surface area contributed by atoms with E-state index >= 15 is 0 Å². The molecule has 0 amide bonds. The SMILES string of the molecule is COc1cc(C(=O)OCC(=O)c2cc(C)n(-c3ccccc3F)c2C)c([N+](=O)[O-])cc1OC. The van der Waals surface area contributed by atoms with Crippen LogP contribution in [0.25, 0.3) is 5.69 Å². The van der Waals surface area contributed by atoms with E-state index in [1.54, 1.807) is 42.7 Å². The molecule has 9 nitrogen and oxygen atoms in total. The molecule has 10 heteroatoms. The van der Waals surface area contributed by atoms with Gasteiger partial charge in [-0.2, -0.15) is 0 Å². The number of hydrogen-bond donors (Lipinski definition) is 0. The van der Waals surface area contributed by atoms with Crippen LogP contribution in [0.15, 0.2) is 42.5 Å². The van der Waals surface area contributed by atoms with Crippen LogP contribution in [-0.4, -0.2) is 42.1 Å². The minimum atomic E-state index is -1.07. The number of carbonyl (C=O) groups excluding carboxylic acids is 2. The molecule has 0 atom stereocenters. The summed E-state index contributed by atoms with van der Waals surface area (Å²) < 4.78 is 31.0. The van der Waals surface area contributed by atoms with Crippen molar-refractivity contribution >= 4 is 17.4 Å². The maximum absolute atomic E-state index is 14.3. The maximum Gasteiger partial charge on any atom is 0.345 e. The highest BCUT2D eigenvalue weighted by atomic mass is 19.1. The fraction of sp³-hybridized carbons (Fsp3) is 0.217. The van der Waals surface area contributed by atoms with E-state index in [0.717, 1.165) is 12.1 Å². The van der Waals surface area contributed by atoms with Crippen LogP contribution < -0.4 is 9.47 Å². The summed E-state index contributed by atoms with van der Waals surface area (Å²) in [6.07, 6.45) is 0. The topological polar surface area (TPSA) is 110 Å². The second-order valence-electron chi connectivity index (χ2n) is 7.05. The first-order valence-corrected chi connectivity index (χ1v) is 9.74. The average molecular weight is 456 g/mol. The number of halogens is 1. The van der Waals surface area contributed by atoms with Gasteiger partial charge in [-0.3, -0.25) is 14.9 Å². The van der Waals surface area contributed by atoms with Gasteiger partial charge < -0.3 is 18.8 Å². The van der Waals surface area contributed by atoms with E-state index in [1.807, 2.05) is 0 Å². The lowest BCUT2D eigenvalue weighted by Crippen LogP contribution is -2.16. The highest BCUT2D eigenvalue weighted by Crippen LogP contribution is 2.35. The van der Waals surface area contributed by atoms with Gasteiger partial charge in [0.2, 0.25) is 5.78 Å². The number of nitro benzene ring substituents is 1. The van der Waals surface area contributed by atoms with Crippen molar-refractivity contribution in [2.75, 3.05) is 20.8 Å². The molecule has 0 saturated heterocycles. The van der Waals surface area contributed by atoms with E-state index in [4.69, 9.17) is 14.2 Å². The molecule has 0 aliphatic rings. The Labute approximate surface area is 188 Å². The molecule has 0 saturated carbocycles. The Morgan fingerprint density at radius 1 is 1.03 bits per heavy atom. The van der Waals surface area contributed by atoms with Crippen LogP contribution >= 0.6 is 0 Å². The van der Waals surface area contributed by atoms with Crippen LogP contribution in [0, 0.1) is 29.8 Å². The van der Waals surface area contributed by atoms with Gasteiger partial charge in [-0.15, -0.1) is 0 Å². The number of para-hydroxylation sites is 1. The second-order valence-corrected chi connectivity index (χ2v) is 7.05. The zero-order valence-corrected chi connectivity index (χ0v) is 18.4. The number of rotatable bonds is 8. The lowest BCUT2D eigenvalue weighted by molar-refractivity contribution is -0.385. The molecule has 0 unspecified atom stereocenters. The largest absolute Gasteiger partial charge is 0.493 e. The molecular formula is C23H21FN2O7. The van der Waals surface area contributed by atoms with Crippen LogP contribution in [0.1, 0.15) is 32.1 Å². The van der Waals surface area contributed by atoms with E-state index in [0.29, 0.717) is 11.4 Å². The monoisotopic (exact) mass is 456 g/mol. The summed E-state index contributed by atoms with van der Waals surface area (Å²) in [5, 5.41) is 11.4. The lowest BCUT2D eigenvalue weighted by atomic mass is 10.1. The third-order valence-electron chi connectivity index (χ3n) is 5.08. The van der Waals surface area contributed by atoms with Gasteiger partial charge in [-0.1, -0.05) is 12.1 Å². The smallest absolute Gasteiger partial charge is 0.345 e. The maximum atomic E-state index is 14.3. The molecule has 33 heavy (non-hydrogen) atoms. The van der Waals surface area contributed by atoms with Crippen molar-refractivity contribution in [1.29, 1.82) is 0 Å². The number of nitro groups is 1. The first kappa shape index (κ1) is 23.5. The zero-order chi connectivity index (χ0) is 24.3. The van der Waals surface area contributed by atoms with Crippen molar-refractivity contribution in [3.8, 4) is 17.2 Å². The Morgan fingerprint density at radius 3 is 2.27 bits per heavy atom. The van der Waals surface area contributed by atoms with Crippen LogP contribution in [0.2, 0.25) is 0 Å². The number of ether oxygens (including phenoxy) is 3. The van der Waals surface area contributed by atoms with Crippen molar-refractivity contribution in [2.24, 2.45) is 0 Å². The molecule has 1 heterocycles. The molecule has 0 bridgehead atoms. The van der Waals surface area contributed by atoms with Crippen LogP contribution in [0.5, 0.6) is 11.5 Å².